The van der Waals surface area contributed by atoms with Crippen LogP contribution >= 0.6 is 0 Å². The van der Waals surface area contributed by atoms with E-state index in [2.05, 4.69) is 4.90 Å². The van der Waals surface area contributed by atoms with Gasteiger partial charge in [0.15, 0.2) is 0 Å². The zero-order valence-corrected chi connectivity index (χ0v) is 8.07. The molecule has 1 aliphatic heterocycles. The Balaban J connectivity index is 2.24. The first-order chi connectivity index (χ1) is 6.77. The Hall–Kier alpha value is -1.42. The Morgan fingerprint density at radius 3 is 2.57 bits per heavy atom. The summed E-state index contributed by atoms with van der Waals surface area (Å²) in [6, 6.07) is 5.58. The van der Waals surface area contributed by atoms with Gasteiger partial charge in [0.1, 0.15) is 0 Å². The molecule has 4 heteroatoms. The second kappa shape index (κ2) is 3.75. The van der Waals surface area contributed by atoms with Crippen LogP contribution in [-0.2, 0) is 4.74 Å². The van der Waals surface area contributed by atoms with Gasteiger partial charge in [0.05, 0.1) is 24.6 Å². The van der Waals surface area contributed by atoms with Crippen molar-refractivity contribution in [2.75, 3.05) is 42.7 Å². The first kappa shape index (κ1) is 9.15. The summed E-state index contributed by atoms with van der Waals surface area (Å²) in [5, 5.41) is 0. The molecule has 2 rings (SSSR count). The molecule has 0 aliphatic carbocycles. The lowest BCUT2D eigenvalue weighted by Crippen LogP contribution is -2.36. The van der Waals surface area contributed by atoms with Crippen molar-refractivity contribution in [2.24, 2.45) is 0 Å². The molecule has 14 heavy (non-hydrogen) atoms. The van der Waals surface area contributed by atoms with Crippen molar-refractivity contribution in [3.05, 3.63) is 18.2 Å². The highest BCUT2D eigenvalue weighted by atomic mass is 16.5. The Kier molecular flexibility index (Phi) is 2.45. The van der Waals surface area contributed by atoms with Crippen LogP contribution in [0.25, 0.3) is 0 Å². The van der Waals surface area contributed by atoms with Gasteiger partial charge in [-0.2, -0.15) is 0 Å². The lowest BCUT2D eigenvalue weighted by atomic mass is 10.2. The van der Waals surface area contributed by atoms with E-state index in [1.54, 1.807) is 0 Å². The monoisotopic (exact) mass is 193 g/mol. The van der Waals surface area contributed by atoms with Crippen LogP contribution < -0.4 is 16.4 Å². The van der Waals surface area contributed by atoms with E-state index in [4.69, 9.17) is 16.2 Å². The minimum Gasteiger partial charge on any atom is -0.399 e. The van der Waals surface area contributed by atoms with Crippen LogP contribution in [0.1, 0.15) is 0 Å². The van der Waals surface area contributed by atoms with Crippen LogP contribution in [0.2, 0.25) is 0 Å². The predicted molar refractivity (Wildman–Crippen MR) is 58.3 cm³/mol. The highest BCUT2D eigenvalue weighted by molar-refractivity contribution is 5.72. The molecule has 0 bridgehead atoms. The molecule has 0 atom stereocenters. The SMILES string of the molecule is Nc1ccc(N)c(N2CCOCC2)c1. The van der Waals surface area contributed by atoms with Crippen LogP contribution in [0.5, 0.6) is 0 Å². The third-order valence-electron chi connectivity index (χ3n) is 2.41. The third-order valence-corrected chi connectivity index (χ3v) is 2.41. The van der Waals surface area contributed by atoms with Crippen LogP contribution in [0.4, 0.5) is 17.1 Å². The molecule has 0 saturated carbocycles. The molecule has 0 radical (unpaired) electrons. The summed E-state index contributed by atoms with van der Waals surface area (Å²) >= 11 is 0. The van der Waals surface area contributed by atoms with E-state index in [0.29, 0.717) is 0 Å². The van der Waals surface area contributed by atoms with Gasteiger partial charge in [-0.25, -0.2) is 0 Å². The van der Waals surface area contributed by atoms with Crippen molar-refractivity contribution in [3.63, 3.8) is 0 Å². The fourth-order valence-electron chi connectivity index (χ4n) is 1.64. The lowest BCUT2D eigenvalue weighted by Gasteiger charge is -2.29. The smallest absolute Gasteiger partial charge is 0.0642 e. The summed E-state index contributed by atoms with van der Waals surface area (Å²) in [6.45, 7) is 3.28. The number of nitrogens with two attached hydrogens (primary N) is 2. The van der Waals surface area contributed by atoms with Crippen LogP contribution in [0, 0.1) is 0 Å². The molecule has 1 heterocycles. The molecular formula is C10H15N3O. The Morgan fingerprint density at radius 2 is 1.86 bits per heavy atom. The maximum Gasteiger partial charge on any atom is 0.0642 e. The zero-order valence-electron chi connectivity index (χ0n) is 8.07. The first-order valence-corrected chi connectivity index (χ1v) is 4.75. The number of nitrogen functional groups attached to an aromatic ring is 2. The van der Waals surface area contributed by atoms with E-state index in [9.17, 15) is 0 Å². The summed E-state index contributed by atoms with van der Waals surface area (Å²) in [6.07, 6.45) is 0. The highest BCUT2D eigenvalue weighted by Crippen LogP contribution is 2.26. The largest absolute Gasteiger partial charge is 0.399 e. The molecule has 1 aromatic rings. The van der Waals surface area contributed by atoms with Crippen molar-refractivity contribution in [3.8, 4) is 0 Å². The van der Waals surface area contributed by atoms with Crippen molar-refractivity contribution >= 4 is 17.1 Å². The van der Waals surface area contributed by atoms with Gasteiger partial charge in [-0.15, -0.1) is 0 Å². The summed E-state index contributed by atoms with van der Waals surface area (Å²) in [5.41, 5.74) is 14.2. The van der Waals surface area contributed by atoms with Gasteiger partial charge in [-0.1, -0.05) is 0 Å². The van der Waals surface area contributed by atoms with E-state index >= 15 is 0 Å². The summed E-state index contributed by atoms with van der Waals surface area (Å²) in [4.78, 5) is 2.20. The Labute approximate surface area is 83.4 Å². The molecule has 1 fully saturated rings. The molecule has 0 aromatic heterocycles. The van der Waals surface area contributed by atoms with Crippen LogP contribution in [0.15, 0.2) is 18.2 Å². The van der Waals surface area contributed by atoms with Gasteiger partial charge in [0.25, 0.3) is 0 Å². The van der Waals surface area contributed by atoms with E-state index < -0.39 is 0 Å². The molecule has 0 unspecified atom stereocenters. The Bertz CT molecular complexity index is 321. The first-order valence-electron chi connectivity index (χ1n) is 4.75. The second-order valence-electron chi connectivity index (χ2n) is 3.42. The van der Waals surface area contributed by atoms with E-state index in [1.807, 2.05) is 18.2 Å². The van der Waals surface area contributed by atoms with Crippen molar-refractivity contribution in [2.45, 2.75) is 0 Å². The molecule has 0 amide bonds. The quantitative estimate of drug-likeness (QED) is 0.644. The average molecular weight is 193 g/mol. The molecule has 4 nitrogen and oxygen atoms in total. The fourth-order valence-corrected chi connectivity index (χ4v) is 1.64. The third kappa shape index (κ3) is 1.75. The summed E-state index contributed by atoms with van der Waals surface area (Å²) < 4.78 is 5.28. The standard InChI is InChI=1S/C10H15N3O/c11-8-1-2-9(12)10(7-8)13-3-5-14-6-4-13/h1-2,7H,3-6,11-12H2. The minimum absolute atomic E-state index is 0.751. The number of morpholine rings is 1. The fraction of sp³-hybridized carbons (Fsp3) is 0.400. The van der Waals surface area contributed by atoms with Crippen molar-refractivity contribution in [1.82, 2.24) is 0 Å². The van der Waals surface area contributed by atoms with Gasteiger partial charge in [-0.3, -0.25) is 0 Å². The van der Waals surface area contributed by atoms with E-state index in [-0.39, 0.29) is 0 Å². The van der Waals surface area contributed by atoms with Crippen LogP contribution in [-0.4, -0.2) is 26.3 Å². The molecule has 1 aromatic carbocycles. The molecule has 0 spiro atoms. The summed E-state index contributed by atoms with van der Waals surface area (Å²) in [7, 11) is 0. The summed E-state index contributed by atoms with van der Waals surface area (Å²) in [5.74, 6) is 0. The number of hydrogen-bond donors (Lipinski definition) is 2. The number of benzene rings is 1. The normalized spacial score (nSPS) is 17.0. The number of ether oxygens (including phenoxy) is 1. The van der Waals surface area contributed by atoms with Gasteiger partial charge in [-0.05, 0) is 18.2 Å². The number of anilines is 3. The van der Waals surface area contributed by atoms with Gasteiger partial charge >= 0.3 is 0 Å². The number of rotatable bonds is 1. The highest BCUT2D eigenvalue weighted by Gasteiger charge is 2.13. The molecule has 1 saturated heterocycles. The molecule has 4 N–H and O–H groups in total. The van der Waals surface area contributed by atoms with Crippen molar-refractivity contribution in [1.29, 1.82) is 0 Å². The van der Waals surface area contributed by atoms with Gasteiger partial charge in [0.2, 0.25) is 0 Å². The maximum absolute atomic E-state index is 5.88. The van der Waals surface area contributed by atoms with Gasteiger partial charge < -0.3 is 21.1 Å². The van der Waals surface area contributed by atoms with Gasteiger partial charge in [0, 0.05) is 18.8 Å². The number of hydrogen-bond acceptors (Lipinski definition) is 4. The molecular weight excluding hydrogens is 178 g/mol. The van der Waals surface area contributed by atoms with Crippen LogP contribution in [0.3, 0.4) is 0 Å². The molecule has 1 aliphatic rings. The second-order valence-corrected chi connectivity index (χ2v) is 3.42. The molecule has 76 valence electrons. The average Bonchev–Trinajstić information content (AvgIpc) is 2.23. The van der Waals surface area contributed by atoms with E-state index in [0.717, 1.165) is 43.4 Å². The van der Waals surface area contributed by atoms with E-state index in [1.165, 1.54) is 0 Å². The number of nitrogens with zero attached hydrogens (tertiary/aromatic N) is 1. The Morgan fingerprint density at radius 1 is 1.14 bits per heavy atom. The maximum atomic E-state index is 5.88. The lowest BCUT2D eigenvalue weighted by molar-refractivity contribution is 0.123. The predicted octanol–water partition coefficient (Wildman–Crippen LogP) is 0.688. The minimum atomic E-state index is 0.751. The zero-order chi connectivity index (χ0) is 9.97. The van der Waals surface area contributed by atoms with Crippen molar-refractivity contribution < 1.29 is 4.74 Å². The topological polar surface area (TPSA) is 64.5 Å².